The molecule has 0 aromatic heterocycles. The highest BCUT2D eigenvalue weighted by Gasteiger charge is 2.31. The molecule has 0 atom stereocenters. The Morgan fingerprint density at radius 2 is 2.00 bits per heavy atom. The van der Waals surface area contributed by atoms with Gasteiger partial charge in [0.15, 0.2) is 0 Å². The van der Waals surface area contributed by atoms with Crippen LogP contribution in [0.4, 0.5) is 18.9 Å². The molecular weight excluding hydrogens is 295 g/mol. The van der Waals surface area contributed by atoms with Crippen molar-refractivity contribution in [3.05, 3.63) is 28.2 Å². The summed E-state index contributed by atoms with van der Waals surface area (Å²) >= 11 is 3.26. The molecule has 0 aliphatic heterocycles. The molecule has 0 bridgehead atoms. The summed E-state index contributed by atoms with van der Waals surface area (Å²) in [6.07, 6.45) is -0.711. The third kappa shape index (κ3) is 3.15. The van der Waals surface area contributed by atoms with Gasteiger partial charge in [0, 0.05) is 16.7 Å². The Bertz CT molecular complexity index is 399. The van der Waals surface area contributed by atoms with E-state index < -0.39 is 11.7 Å². The Balaban J connectivity index is 2.08. The normalized spacial score (nSPS) is 16.7. The van der Waals surface area contributed by atoms with E-state index in [0.717, 1.165) is 18.7 Å². The van der Waals surface area contributed by atoms with E-state index in [4.69, 9.17) is 0 Å². The van der Waals surface area contributed by atoms with E-state index >= 15 is 0 Å². The first-order valence-corrected chi connectivity index (χ1v) is 6.37. The summed E-state index contributed by atoms with van der Waals surface area (Å²) in [7, 11) is 0. The summed E-state index contributed by atoms with van der Waals surface area (Å²) in [5.74, 6) is 0.608. The van der Waals surface area contributed by atoms with Crippen molar-refractivity contribution in [3.8, 4) is 0 Å². The number of alkyl halides is 3. The number of nitrogens with one attached hydrogen (secondary N) is 1. The second-order valence-electron chi connectivity index (χ2n) is 4.37. The molecule has 94 valence electrons. The largest absolute Gasteiger partial charge is 0.416 e. The average molecular weight is 308 g/mol. The van der Waals surface area contributed by atoms with Crippen molar-refractivity contribution in [2.24, 2.45) is 5.92 Å². The highest BCUT2D eigenvalue weighted by Crippen LogP contribution is 2.34. The van der Waals surface area contributed by atoms with Gasteiger partial charge in [-0.3, -0.25) is 0 Å². The molecule has 1 fully saturated rings. The van der Waals surface area contributed by atoms with Gasteiger partial charge in [-0.25, -0.2) is 0 Å². The van der Waals surface area contributed by atoms with Crippen molar-refractivity contribution < 1.29 is 13.2 Å². The second-order valence-corrected chi connectivity index (χ2v) is 5.22. The molecule has 1 aromatic carbocycles. The van der Waals surface area contributed by atoms with Crippen LogP contribution >= 0.6 is 15.9 Å². The Hall–Kier alpha value is -0.710. The topological polar surface area (TPSA) is 12.0 Å². The van der Waals surface area contributed by atoms with Gasteiger partial charge in [-0.15, -0.1) is 0 Å². The molecule has 1 saturated carbocycles. The van der Waals surface area contributed by atoms with Crippen LogP contribution in [0.25, 0.3) is 0 Å². The van der Waals surface area contributed by atoms with Gasteiger partial charge in [0.1, 0.15) is 0 Å². The molecule has 1 aromatic rings. The van der Waals surface area contributed by atoms with Gasteiger partial charge >= 0.3 is 6.18 Å². The maximum atomic E-state index is 12.5. The highest BCUT2D eigenvalue weighted by atomic mass is 79.9. The number of hydrogen-bond donors (Lipinski definition) is 1. The molecule has 1 aliphatic rings. The molecule has 0 amide bonds. The lowest BCUT2D eigenvalue weighted by molar-refractivity contribution is -0.137. The fraction of sp³-hybridized carbons (Fsp3) is 0.500. The van der Waals surface area contributed by atoms with Gasteiger partial charge in [0.25, 0.3) is 0 Å². The van der Waals surface area contributed by atoms with E-state index in [9.17, 15) is 13.2 Å². The van der Waals surface area contributed by atoms with Crippen molar-refractivity contribution in [2.45, 2.75) is 25.4 Å². The Kier molecular flexibility index (Phi) is 3.66. The number of rotatable bonds is 3. The standard InChI is InChI=1S/C12H13BrF3N/c13-10-5-4-9(12(14,15)16)6-11(10)17-7-8-2-1-3-8/h4-6,8,17H,1-3,7H2. The number of benzene rings is 1. The van der Waals surface area contributed by atoms with E-state index in [1.807, 2.05) is 0 Å². The monoisotopic (exact) mass is 307 g/mol. The van der Waals surface area contributed by atoms with Crippen molar-refractivity contribution in [1.82, 2.24) is 0 Å². The van der Waals surface area contributed by atoms with E-state index in [2.05, 4.69) is 21.2 Å². The van der Waals surface area contributed by atoms with E-state index in [1.165, 1.54) is 25.3 Å². The van der Waals surface area contributed by atoms with Crippen LogP contribution in [0.15, 0.2) is 22.7 Å². The third-order valence-corrected chi connectivity index (χ3v) is 3.79. The van der Waals surface area contributed by atoms with Gasteiger partial charge in [-0.2, -0.15) is 13.2 Å². The highest BCUT2D eigenvalue weighted by molar-refractivity contribution is 9.10. The summed E-state index contributed by atoms with van der Waals surface area (Å²) in [4.78, 5) is 0. The molecule has 1 N–H and O–H groups in total. The summed E-state index contributed by atoms with van der Waals surface area (Å²) in [5.41, 5.74) is -0.0939. The minimum absolute atomic E-state index is 0.520. The Morgan fingerprint density at radius 3 is 2.53 bits per heavy atom. The van der Waals surface area contributed by atoms with Crippen LogP contribution in [0, 0.1) is 5.92 Å². The van der Waals surface area contributed by atoms with Gasteiger partial charge in [0.05, 0.1) is 5.56 Å². The van der Waals surface area contributed by atoms with Crippen molar-refractivity contribution in [3.63, 3.8) is 0 Å². The summed E-state index contributed by atoms with van der Waals surface area (Å²) in [6.45, 7) is 0.750. The SMILES string of the molecule is FC(F)(F)c1ccc(Br)c(NCC2CCC2)c1. The molecule has 2 rings (SSSR count). The van der Waals surface area contributed by atoms with Gasteiger partial charge in [-0.1, -0.05) is 6.42 Å². The lowest BCUT2D eigenvalue weighted by atomic mass is 9.85. The fourth-order valence-electron chi connectivity index (χ4n) is 1.79. The first-order valence-electron chi connectivity index (χ1n) is 5.57. The second kappa shape index (κ2) is 4.88. The predicted octanol–water partition coefficient (Wildman–Crippen LogP) is 4.68. The molecule has 0 unspecified atom stereocenters. The van der Waals surface area contributed by atoms with E-state index in [1.54, 1.807) is 0 Å². The molecule has 5 heteroatoms. The first kappa shape index (κ1) is 12.7. The molecule has 0 radical (unpaired) electrons. The summed E-state index contributed by atoms with van der Waals surface area (Å²) in [6, 6.07) is 3.67. The molecule has 0 heterocycles. The molecule has 17 heavy (non-hydrogen) atoms. The minimum Gasteiger partial charge on any atom is -0.384 e. The molecule has 0 saturated heterocycles. The predicted molar refractivity (Wildman–Crippen MR) is 65.0 cm³/mol. The van der Waals surface area contributed by atoms with Crippen LogP contribution in [0.2, 0.25) is 0 Å². The van der Waals surface area contributed by atoms with Crippen molar-refractivity contribution >= 4 is 21.6 Å². The Morgan fingerprint density at radius 1 is 1.29 bits per heavy atom. The van der Waals surface area contributed by atoms with Crippen LogP contribution in [0.1, 0.15) is 24.8 Å². The van der Waals surface area contributed by atoms with Crippen LogP contribution in [-0.2, 0) is 6.18 Å². The smallest absolute Gasteiger partial charge is 0.384 e. The summed E-state index contributed by atoms with van der Waals surface area (Å²) in [5, 5.41) is 3.08. The zero-order valence-electron chi connectivity index (χ0n) is 9.15. The molecule has 0 spiro atoms. The molecule has 1 aliphatic carbocycles. The van der Waals surface area contributed by atoms with Crippen molar-refractivity contribution in [2.75, 3.05) is 11.9 Å². The molecule has 1 nitrogen and oxygen atoms in total. The zero-order chi connectivity index (χ0) is 12.5. The number of hydrogen-bond acceptors (Lipinski definition) is 1. The Labute approximate surface area is 107 Å². The van der Waals surface area contributed by atoms with Crippen LogP contribution in [0.3, 0.4) is 0 Å². The van der Waals surface area contributed by atoms with Crippen LogP contribution in [0.5, 0.6) is 0 Å². The third-order valence-electron chi connectivity index (χ3n) is 3.10. The van der Waals surface area contributed by atoms with E-state index in [0.29, 0.717) is 16.1 Å². The lowest BCUT2D eigenvalue weighted by Gasteiger charge is -2.26. The summed E-state index contributed by atoms with van der Waals surface area (Å²) < 4.78 is 38.3. The quantitative estimate of drug-likeness (QED) is 0.855. The van der Waals surface area contributed by atoms with Gasteiger partial charge < -0.3 is 5.32 Å². The van der Waals surface area contributed by atoms with E-state index in [-0.39, 0.29) is 0 Å². The molecular formula is C12H13BrF3N. The number of anilines is 1. The first-order chi connectivity index (χ1) is 7.97. The zero-order valence-corrected chi connectivity index (χ0v) is 10.7. The maximum absolute atomic E-state index is 12.5. The van der Waals surface area contributed by atoms with Gasteiger partial charge in [0.2, 0.25) is 0 Å². The average Bonchev–Trinajstić information content (AvgIpc) is 2.16. The number of halogens is 4. The van der Waals surface area contributed by atoms with Crippen LogP contribution < -0.4 is 5.32 Å². The van der Waals surface area contributed by atoms with Crippen molar-refractivity contribution in [1.29, 1.82) is 0 Å². The van der Waals surface area contributed by atoms with Crippen LogP contribution in [-0.4, -0.2) is 6.54 Å². The van der Waals surface area contributed by atoms with Gasteiger partial charge in [-0.05, 0) is 52.9 Å². The fourth-order valence-corrected chi connectivity index (χ4v) is 2.18. The maximum Gasteiger partial charge on any atom is 0.416 e. The minimum atomic E-state index is -4.28. The lowest BCUT2D eigenvalue weighted by Crippen LogP contribution is -2.21.